The highest BCUT2D eigenvalue weighted by atomic mass is 19.1. The number of carbonyl (C=O) groups excluding carboxylic acids is 1. The number of amides is 1. The second-order valence-electron chi connectivity index (χ2n) is 5.00. The zero-order valence-corrected chi connectivity index (χ0v) is 11.1. The first-order chi connectivity index (χ1) is 9.75. The number of aromatic nitrogens is 2. The van der Waals surface area contributed by atoms with E-state index in [4.69, 9.17) is 4.74 Å². The molecule has 1 aromatic heterocycles. The van der Waals surface area contributed by atoms with E-state index < -0.39 is 12.2 Å². The van der Waals surface area contributed by atoms with Gasteiger partial charge in [0.2, 0.25) is 5.91 Å². The largest absolute Gasteiger partial charge is 0.378 e. The predicted octanol–water partition coefficient (Wildman–Crippen LogP) is 0.252. The smallest absolute Gasteiger partial charge is 0.245 e. The Morgan fingerprint density at radius 3 is 2.85 bits per heavy atom. The molecule has 6 nitrogen and oxygen atoms in total. The quantitative estimate of drug-likeness (QED) is 0.777. The van der Waals surface area contributed by atoms with Gasteiger partial charge in [0.05, 0.1) is 26.0 Å². The molecule has 2 saturated heterocycles. The van der Waals surface area contributed by atoms with Crippen LogP contribution in [0, 0.1) is 0 Å². The van der Waals surface area contributed by atoms with Crippen LogP contribution in [0.25, 0.3) is 0 Å². The number of nitrogens with zero attached hydrogens (tertiary/aromatic N) is 4. The Bertz CT molecular complexity index is 467. The predicted molar refractivity (Wildman–Crippen MR) is 70.1 cm³/mol. The van der Waals surface area contributed by atoms with E-state index in [1.807, 2.05) is 0 Å². The van der Waals surface area contributed by atoms with Gasteiger partial charge in [0.1, 0.15) is 18.0 Å². The summed E-state index contributed by atoms with van der Waals surface area (Å²) >= 11 is 0. The Hall–Kier alpha value is -1.76. The van der Waals surface area contributed by atoms with Crippen molar-refractivity contribution in [1.82, 2.24) is 14.9 Å². The van der Waals surface area contributed by atoms with Crippen LogP contribution in [-0.2, 0) is 9.53 Å². The van der Waals surface area contributed by atoms with E-state index in [0.717, 1.165) is 0 Å². The number of morpholine rings is 1. The normalized spacial score (nSPS) is 26.9. The average molecular weight is 280 g/mol. The molecule has 1 amide bonds. The summed E-state index contributed by atoms with van der Waals surface area (Å²) in [5.74, 6) is 0.512. The maximum Gasteiger partial charge on any atom is 0.245 e. The van der Waals surface area contributed by atoms with E-state index in [-0.39, 0.29) is 18.9 Å². The summed E-state index contributed by atoms with van der Waals surface area (Å²) in [6, 6.07) is -0.486. The molecule has 2 fully saturated rings. The van der Waals surface area contributed by atoms with Crippen LogP contribution in [0.5, 0.6) is 0 Å². The van der Waals surface area contributed by atoms with E-state index in [2.05, 4.69) is 9.97 Å². The maximum atomic E-state index is 13.8. The van der Waals surface area contributed by atoms with Crippen molar-refractivity contribution in [2.45, 2.75) is 18.6 Å². The number of anilines is 1. The SMILES string of the molecule is O=C([C@@H]1C[C@@H](F)CN1c1cnccn1)N1CCOCC1. The Morgan fingerprint density at radius 1 is 1.35 bits per heavy atom. The minimum absolute atomic E-state index is 0.0425. The van der Waals surface area contributed by atoms with Gasteiger partial charge >= 0.3 is 0 Å². The number of ether oxygens (including phenoxy) is 1. The number of halogens is 1. The lowest BCUT2D eigenvalue weighted by Crippen LogP contribution is -2.50. The lowest BCUT2D eigenvalue weighted by molar-refractivity contribution is -0.136. The highest BCUT2D eigenvalue weighted by Gasteiger charge is 2.40. The van der Waals surface area contributed by atoms with Crippen molar-refractivity contribution in [1.29, 1.82) is 0 Å². The summed E-state index contributed by atoms with van der Waals surface area (Å²) < 4.78 is 19.0. The van der Waals surface area contributed by atoms with Crippen molar-refractivity contribution in [3.63, 3.8) is 0 Å². The first kappa shape index (κ1) is 13.2. The van der Waals surface area contributed by atoms with Crippen molar-refractivity contribution in [2.75, 3.05) is 37.7 Å². The lowest BCUT2D eigenvalue weighted by Gasteiger charge is -2.32. The monoisotopic (exact) mass is 280 g/mol. The lowest BCUT2D eigenvalue weighted by atomic mass is 10.1. The van der Waals surface area contributed by atoms with Crippen LogP contribution in [-0.4, -0.2) is 65.8 Å². The number of hydrogen-bond acceptors (Lipinski definition) is 5. The summed E-state index contributed by atoms with van der Waals surface area (Å²) in [5, 5.41) is 0. The third-order valence-electron chi connectivity index (χ3n) is 3.70. The average Bonchev–Trinajstić information content (AvgIpc) is 2.90. The van der Waals surface area contributed by atoms with Crippen molar-refractivity contribution in [2.24, 2.45) is 0 Å². The van der Waals surface area contributed by atoms with Gasteiger partial charge in [0.15, 0.2) is 0 Å². The molecule has 2 aliphatic heterocycles. The first-order valence-corrected chi connectivity index (χ1v) is 6.79. The summed E-state index contributed by atoms with van der Waals surface area (Å²) in [6.45, 7) is 2.42. The van der Waals surface area contributed by atoms with Crippen molar-refractivity contribution in [3.05, 3.63) is 18.6 Å². The molecular weight excluding hydrogens is 263 g/mol. The molecule has 0 saturated carbocycles. The van der Waals surface area contributed by atoms with Crippen molar-refractivity contribution in [3.8, 4) is 0 Å². The summed E-state index contributed by atoms with van der Waals surface area (Å²) in [4.78, 5) is 24.2. The number of alkyl halides is 1. The minimum Gasteiger partial charge on any atom is -0.378 e. The molecule has 2 aliphatic rings. The Labute approximate surface area is 116 Å². The van der Waals surface area contributed by atoms with Crippen LogP contribution >= 0.6 is 0 Å². The summed E-state index contributed by atoms with van der Waals surface area (Å²) in [5.41, 5.74) is 0. The van der Waals surface area contributed by atoms with Crippen LogP contribution in [0.2, 0.25) is 0 Å². The van der Waals surface area contributed by atoms with E-state index in [9.17, 15) is 9.18 Å². The van der Waals surface area contributed by atoms with Gasteiger partial charge in [-0.1, -0.05) is 0 Å². The molecule has 0 unspecified atom stereocenters. The Balaban J connectivity index is 1.77. The number of rotatable bonds is 2. The molecule has 3 heterocycles. The van der Waals surface area contributed by atoms with Crippen LogP contribution in [0.3, 0.4) is 0 Å². The van der Waals surface area contributed by atoms with Gasteiger partial charge in [-0.05, 0) is 0 Å². The summed E-state index contributed by atoms with van der Waals surface area (Å²) in [6.07, 6.45) is 3.89. The molecule has 0 N–H and O–H groups in total. The van der Waals surface area contributed by atoms with Gasteiger partial charge in [-0.3, -0.25) is 9.78 Å². The number of hydrogen-bond donors (Lipinski definition) is 0. The molecule has 0 aliphatic carbocycles. The van der Waals surface area contributed by atoms with E-state index in [0.29, 0.717) is 32.1 Å². The molecule has 0 bridgehead atoms. The van der Waals surface area contributed by atoms with Gasteiger partial charge in [0.25, 0.3) is 0 Å². The van der Waals surface area contributed by atoms with Crippen molar-refractivity contribution >= 4 is 11.7 Å². The zero-order valence-electron chi connectivity index (χ0n) is 11.1. The fraction of sp³-hybridized carbons (Fsp3) is 0.615. The van der Waals surface area contributed by atoms with Crippen LogP contribution in [0.15, 0.2) is 18.6 Å². The van der Waals surface area contributed by atoms with Gasteiger partial charge in [0, 0.05) is 31.9 Å². The van der Waals surface area contributed by atoms with Crippen molar-refractivity contribution < 1.29 is 13.9 Å². The van der Waals surface area contributed by atoms with Gasteiger partial charge in [-0.2, -0.15) is 0 Å². The Kier molecular flexibility index (Phi) is 3.77. The summed E-state index contributed by atoms with van der Waals surface area (Å²) in [7, 11) is 0. The van der Waals surface area contributed by atoms with E-state index >= 15 is 0 Å². The molecule has 2 atom stereocenters. The second kappa shape index (κ2) is 5.70. The fourth-order valence-electron chi connectivity index (χ4n) is 2.71. The zero-order chi connectivity index (χ0) is 13.9. The molecule has 1 aromatic rings. The van der Waals surface area contributed by atoms with Gasteiger partial charge < -0.3 is 14.5 Å². The second-order valence-corrected chi connectivity index (χ2v) is 5.00. The standard InChI is InChI=1S/C13H17FN4O2/c14-10-7-11(13(19)17-3-5-20-6-4-17)18(9-10)12-8-15-1-2-16-12/h1-2,8,10-11H,3-7,9H2/t10-,11+/m1/s1. The third kappa shape index (κ3) is 2.58. The fourth-order valence-corrected chi connectivity index (χ4v) is 2.71. The molecule has 20 heavy (non-hydrogen) atoms. The van der Waals surface area contributed by atoms with E-state index in [1.54, 1.807) is 28.4 Å². The van der Waals surface area contributed by atoms with Gasteiger partial charge in [-0.15, -0.1) is 0 Å². The molecule has 0 aromatic carbocycles. The first-order valence-electron chi connectivity index (χ1n) is 6.79. The number of carbonyl (C=O) groups is 1. The Morgan fingerprint density at radius 2 is 2.15 bits per heavy atom. The molecule has 3 rings (SSSR count). The molecule has 108 valence electrons. The van der Waals surface area contributed by atoms with Crippen LogP contribution in [0.4, 0.5) is 10.2 Å². The van der Waals surface area contributed by atoms with Crippen LogP contribution in [0.1, 0.15) is 6.42 Å². The maximum absolute atomic E-state index is 13.8. The third-order valence-corrected chi connectivity index (χ3v) is 3.70. The van der Waals surface area contributed by atoms with Gasteiger partial charge in [-0.25, -0.2) is 9.37 Å². The molecule has 0 spiro atoms. The topological polar surface area (TPSA) is 58.6 Å². The molecule has 7 heteroatoms. The van der Waals surface area contributed by atoms with E-state index in [1.165, 1.54) is 0 Å². The van der Waals surface area contributed by atoms with Crippen LogP contribution < -0.4 is 4.90 Å². The molecular formula is C13H17FN4O2. The molecule has 0 radical (unpaired) electrons. The minimum atomic E-state index is -1.01. The highest BCUT2D eigenvalue weighted by Crippen LogP contribution is 2.26. The highest BCUT2D eigenvalue weighted by molar-refractivity contribution is 5.85.